The van der Waals surface area contributed by atoms with Crippen LogP contribution in [-0.4, -0.2) is 28.4 Å². The molecule has 0 saturated carbocycles. The highest BCUT2D eigenvalue weighted by atomic mass is 16.4. The summed E-state index contributed by atoms with van der Waals surface area (Å²) in [5.74, 6) is -4.38. The third-order valence-corrected chi connectivity index (χ3v) is 6.05. The van der Waals surface area contributed by atoms with E-state index in [0.717, 1.165) is 4.90 Å². The number of hydrogen-bond donors (Lipinski definition) is 2. The quantitative estimate of drug-likeness (QED) is 0.708. The van der Waals surface area contributed by atoms with Crippen LogP contribution >= 0.6 is 0 Å². The van der Waals surface area contributed by atoms with E-state index < -0.39 is 41.2 Å². The Morgan fingerprint density at radius 3 is 2.36 bits per heavy atom. The molecule has 0 radical (unpaired) electrons. The topological polar surface area (TPSA) is 114 Å². The van der Waals surface area contributed by atoms with Crippen molar-refractivity contribution >= 4 is 23.5 Å². The fraction of sp³-hybridized carbons (Fsp3) is 0.286. The van der Waals surface area contributed by atoms with E-state index >= 15 is 0 Å². The summed E-state index contributed by atoms with van der Waals surface area (Å²) in [5.41, 5.74) is -0.732. The molecule has 0 aromatic heterocycles. The highest BCUT2D eigenvalue weighted by molar-refractivity contribution is 6.23. The number of carbonyl (C=O) groups excluding carboxylic acids is 3. The number of phenols is 1. The maximum absolute atomic E-state index is 13.3. The fourth-order valence-electron chi connectivity index (χ4n) is 4.68. The lowest BCUT2D eigenvalue weighted by Gasteiger charge is -2.31. The molecule has 4 atom stereocenters. The molecule has 4 rings (SSSR count). The molecular formula is C21H20N2O5. The SMILES string of the molecule is CC[C@]1(C(=O)[O-])[NH2+][C@@H](c2ccccc2O)[C@H]2C(=O)N(c3ccccc3)C(=O)[C@H]21. The molecule has 2 fully saturated rings. The summed E-state index contributed by atoms with van der Waals surface area (Å²) in [6.07, 6.45) is 0.113. The van der Waals surface area contributed by atoms with Gasteiger partial charge in [0.2, 0.25) is 11.8 Å². The van der Waals surface area contributed by atoms with Crippen molar-refractivity contribution in [1.82, 2.24) is 0 Å². The molecule has 0 spiro atoms. The monoisotopic (exact) mass is 380 g/mol. The van der Waals surface area contributed by atoms with Gasteiger partial charge in [0.25, 0.3) is 0 Å². The lowest BCUT2D eigenvalue weighted by molar-refractivity contribution is -0.739. The van der Waals surface area contributed by atoms with Crippen LogP contribution in [0.3, 0.4) is 0 Å². The van der Waals surface area contributed by atoms with Crippen molar-refractivity contribution in [2.45, 2.75) is 24.9 Å². The fourth-order valence-corrected chi connectivity index (χ4v) is 4.68. The molecule has 2 aliphatic rings. The van der Waals surface area contributed by atoms with Gasteiger partial charge in [-0.1, -0.05) is 37.3 Å². The van der Waals surface area contributed by atoms with Crippen molar-refractivity contribution in [3.63, 3.8) is 0 Å². The number of carbonyl (C=O) groups is 3. The number of fused-ring (bicyclic) bond motifs is 1. The standard InChI is InChI=1S/C21H20N2O5/c1-2-21(20(27)28)16-15(17(22-21)13-10-6-7-11-14(13)24)18(25)23(19(16)26)12-8-4-3-5-9-12/h3-11,15-17,22,24H,2H2,1H3,(H,27,28)/t15-,16-,17-,21-/m0/s1. The Morgan fingerprint density at radius 2 is 1.75 bits per heavy atom. The number of carboxylic acids is 1. The number of hydrogen-bond acceptors (Lipinski definition) is 5. The van der Waals surface area contributed by atoms with Gasteiger partial charge in [-0.05, 0) is 24.3 Å². The summed E-state index contributed by atoms with van der Waals surface area (Å²) in [4.78, 5) is 39.8. The zero-order valence-electron chi connectivity index (χ0n) is 15.2. The molecule has 0 bridgehead atoms. The van der Waals surface area contributed by atoms with E-state index in [1.165, 1.54) is 11.4 Å². The Balaban J connectivity index is 1.88. The smallest absolute Gasteiger partial charge is 0.244 e. The summed E-state index contributed by atoms with van der Waals surface area (Å²) in [7, 11) is 0. The molecule has 2 amide bonds. The molecule has 2 heterocycles. The van der Waals surface area contributed by atoms with Crippen LogP contribution in [0.4, 0.5) is 5.69 Å². The second kappa shape index (κ2) is 6.45. The first-order chi connectivity index (χ1) is 13.4. The lowest BCUT2D eigenvalue weighted by atomic mass is 9.78. The van der Waals surface area contributed by atoms with Gasteiger partial charge in [0, 0.05) is 6.42 Å². The highest BCUT2D eigenvalue weighted by Gasteiger charge is 2.69. The number of nitrogens with zero attached hydrogens (tertiary/aromatic N) is 1. The number of phenolic OH excluding ortho intramolecular Hbond substituents is 1. The molecule has 2 aromatic carbocycles. The van der Waals surface area contributed by atoms with Crippen molar-refractivity contribution in [2.75, 3.05) is 4.90 Å². The van der Waals surface area contributed by atoms with Gasteiger partial charge >= 0.3 is 0 Å². The largest absolute Gasteiger partial charge is 0.544 e. The van der Waals surface area contributed by atoms with Crippen molar-refractivity contribution < 1.29 is 29.9 Å². The molecule has 28 heavy (non-hydrogen) atoms. The van der Waals surface area contributed by atoms with Crippen LogP contribution in [0.2, 0.25) is 0 Å². The number of rotatable bonds is 4. The molecule has 2 aromatic rings. The van der Waals surface area contributed by atoms with E-state index in [2.05, 4.69) is 0 Å². The summed E-state index contributed by atoms with van der Waals surface area (Å²) in [5, 5.41) is 24.0. The minimum atomic E-state index is -1.58. The summed E-state index contributed by atoms with van der Waals surface area (Å²) in [6.45, 7) is 1.67. The van der Waals surface area contributed by atoms with E-state index in [1.807, 2.05) is 0 Å². The molecule has 2 aliphatic heterocycles. The number of benzene rings is 2. The van der Waals surface area contributed by atoms with Crippen LogP contribution in [0.5, 0.6) is 5.75 Å². The van der Waals surface area contributed by atoms with Crippen LogP contribution in [0, 0.1) is 11.8 Å². The van der Waals surface area contributed by atoms with Gasteiger partial charge in [0.1, 0.15) is 35.1 Å². The Labute approximate surface area is 161 Å². The number of imide groups is 1. The third-order valence-electron chi connectivity index (χ3n) is 6.05. The predicted molar refractivity (Wildman–Crippen MR) is 96.7 cm³/mol. The van der Waals surface area contributed by atoms with E-state index in [-0.39, 0.29) is 12.2 Å². The van der Waals surface area contributed by atoms with Gasteiger partial charge in [-0.2, -0.15) is 0 Å². The Kier molecular flexibility index (Phi) is 4.19. The van der Waals surface area contributed by atoms with Crippen molar-refractivity contribution in [2.24, 2.45) is 11.8 Å². The van der Waals surface area contributed by atoms with Gasteiger partial charge in [0.15, 0.2) is 0 Å². The minimum Gasteiger partial charge on any atom is -0.544 e. The maximum Gasteiger partial charge on any atom is 0.244 e. The van der Waals surface area contributed by atoms with Gasteiger partial charge in [0.05, 0.1) is 11.3 Å². The molecule has 7 nitrogen and oxygen atoms in total. The first-order valence-electron chi connectivity index (χ1n) is 9.20. The molecular weight excluding hydrogens is 360 g/mol. The Bertz CT molecular complexity index is 960. The van der Waals surface area contributed by atoms with Gasteiger partial charge in [-0.3, -0.25) is 9.59 Å². The predicted octanol–water partition coefficient (Wildman–Crippen LogP) is -0.285. The van der Waals surface area contributed by atoms with Crippen molar-refractivity contribution in [3.05, 3.63) is 60.2 Å². The summed E-state index contributed by atoms with van der Waals surface area (Å²) < 4.78 is 0. The zero-order chi connectivity index (χ0) is 20.1. The number of aliphatic carboxylic acids is 1. The number of para-hydroxylation sites is 2. The van der Waals surface area contributed by atoms with Crippen molar-refractivity contribution in [3.8, 4) is 5.75 Å². The number of quaternary nitrogens is 1. The highest BCUT2D eigenvalue weighted by Crippen LogP contribution is 2.47. The van der Waals surface area contributed by atoms with Crippen LogP contribution in [0.15, 0.2) is 54.6 Å². The summed E-state index contributed by atoms with van der Waals surface area (Å²) >= 11 is 0. The van der Waals surface area contributed by atoms with E-state index in [1.54, 1.807) is 55.5 Å². The van der Waals surface area contributed by atoms with Gasteiger partial charge in [-0.25, -0.2) is 4.90 Å². The molecule has 0 aliphatic carbocycles. The van der Waals surface area contributed by atoms with Crippen molar-refractivity contribution in [1.29, 1.82) is 0 Å². The number of amides is 2. The van der Waals surface area contributed by atoms with E-state index in [0.29, 0.717) is 11.3 Å². The Hall–Kier alpha value is -3.19. The lowest BCUT2D eigenvalue weighted by Crippen LogP contribution is -2.99. The van der Waals surface area contributed by atoms with Gasteiger partial charge in [-0.15, -0.1) is 0 Å². The van der Waals surface area contributed by atoms with Gasteiger partial charge < -0.3 is 20.3 Å². The van der Waals surface area contributed by atoms with Crippen LogP contribution in [0.1, 0.15) is 24.9 Å². The second-order valence-electron chi connectivity index (χ2n) is 7.28. The average Bonchev–Trinajstić information content (AvgIpc) is 3.17. The molecule has 3 N–H and O–H groups in total. The minimum absolute atomic E-state index is 0.0360. The first-order valence-corrected chi connectivity index (χ1v) is 9.20. The zero-order valence-corrected chi connectivity index (χ0v) is 15.2. The van der Waals surface area contributed by atoms with Crippen LogP contribution in [0.25, 0.3) is 0 Å². The average molecular weight is 380 g/mol. The number of anilines is 1. The molecule has 7 heteroatoms. The van der Waals surface area contributed by atoms with E-state index in [9.17, 15) is 24.6 Å². The van der Waals surface area contributed by atoms with Crippen LogP contribution < -0.4 is 15.3 Å². The van der Waals surface area contributed by atoms with Crippen LogP contribution in [-0.2, 0) is 14.4 Å². The molecule has 144 valence electrons. The Morgan fingerprint density at radius 1 is 1.11 bits per heavy atom. The third kappa shape index (κ3) is 2.36. The van der Waals surface area contributed by atoms with E-state index in [4.69, 9.17) is 0 Å². The molecule has 0 unspecified atom stereocenters. The second-order valence-corrected chi connectivity index (χ2v) is 7.28. The first kappa shape index (κ1) is 18.2. The number of carboxylic acid groups (broad SMARTS) is 1. The number of aromatic hydroxyl groups is 1. The maximum atomic E-state index is 13.3. The number of nitrogens with two attached hydrogens (primary N) is 1. The summed E-state index contributed by atoms with van der Waals surface area (Å²) in [6, 6.07) is 14.3. The molecule has 2 saturated heterocycles. The normalized spacial score (nSPS) is 29.2.